The lowest BCUT2D eigenvalue weighted by Gasteiger charge is -2.38. The van der Waals surface area contributed by atoms with Crippen molar-refractivity contribution in [2.75, 3.05) is 18.8 Å². The second-order valence-corrected chi connectivity index (χ2v) is 6.48. The number of H-pyrrole nitrogens is 1. The van der Waals surface area contributed by atoms with Crippen molar-refractivity contribution in [3.05, 3.63) is 24.0 Å². The van der Waals surface area contributed by atoms with Crippen molar-refractivity contribution in [1.29, 1.82) is 0 Å². The minimum Gasteiger partial charge on any atom is -0.444 e. The molecule has 6 nitrogen and oxygen atoms in total. The van der Waals surface area contributed by atoms with E-state index in [-0.39, 0.29) is 12.0 Å². The number of nitrogen functional groups attached to an aromatic ring is 1. The van der Waals surface area contributed by atoms with Crippen molar-refractivity contribution in [3.8, 4) is 0 Å². The highest BCUT2D eigenvalue weighted by atomic mass is 16.6. The number of likely N-dealkylation sites (tertiary alicyclic amines) is 1. The molecule has 1 saturated heterocycles. The Morgan fingerprint density at radius 2 is 2.14 bits per heavy atom. The average Bonchev–Trinajstić information content (AvgIpc) is 2.66. The van der Waals surface area contributed by atoms with Crippen LogP contribution in [0, 0.1) is 0 Å². The molecule has 1 aromatic carbocycles. The number of fused-ring (bicyclic) bond motifs is 1. The molecule has 0 unspecified atom stereocenters. The first-order chi connectivity index (χ1) is 9.82. The number of anilines is 1. The number of carbonyl (C=O) groups excluding carboxylic acids is 1. The zero-order chi connectivity index (χ0) is 15.2. The third kappa shape index (κ3) is 2.79. The number of ether oxygens (including phenoxy) is 1. The van der Waals surface area contributed by atoms with E-state index in [2.05, 4.69) is 9.97 Å². The number of imidazole rings is 1. The monoisotopic (exact) mass is 288 g/mol. The van der Waals surface area contributed by atoms with E-state index >= 15 is 0 Å². The van der Waals surface area contributed by atoms with Gasteiger partial charge in [0.1, 0.15) is 11.4 Å². The number of amides is 1. The summed E-state index contributed by atoms with van der Waals surface area (Å²) in [6.45, 7) is 6.86. The van der Waals surface area contributed by atoms with Gasteiger partial charge < -0.3 is 20.4 Å². The third-order valence-corrected chi connectivity index (χ3v) is 3.44. The Hall–Kier alpha value is -2.24. The average molecular weight is 288 g/mol. The summed E-state index contributed by atoms with van der Waals surface area (Å²) < 4.78 is 5.34. The molecule has 1 aliphatic heterocycles. The van der Waals surface area contributed by atoms with Gasteiger partial charge in [-0.3, -0.25) is 0 Å². The number of carbonyl (C=O) groups is 1. The van der Waals surface area contributed by atoms with Crippen LogP contribution in [0.2, 0.25) is 0 Å². The van der Waals surface area contributed by atoms with Gasteiger partial charge in [-0.15, -0.1) is 0 Å². The summed E-state index contributed by atoms with van der Waals surface area (Å²) in [5.74, 6) is 1.13. The number of aromatic amines is 1. The Morgan fingerprint density at radius 3 is 2.81 bits per heavy atom. The first-order valence-electron chi connectivity index (χ1n) is 7.05. The molecule has 21 heavy (non-hydrogen) atoms. The third-order valence-electron chi connectivity index (χ3n) is 3.44. The molecule has 2 heterocycles. The van der Waals surface area contributed by atoms with Crippen LogP contribution < -0.4 is 5.73 Å². The molecule has 1 fully saturated rings. The van der Waals surface area contributed by atoms with Crippen LogP contribution in [0.15, 0.2) is 18.2 Å². The Morgan fingerprint density at radius 1 is 1.43 bits per heavy atom. The van der Waals surface area contributed by atoms with E-state index in [1.54, 1.807) is 4.90 Å². The topological polar surface area (TPSA) is 84.2 Å². The van der Waals surface area contributed by atoms with Crippen molar-refractivity contribution in [2.24, 2.45) is 0 Å². The number of aromatic nitrogens is 2. The normalized spacial score (nSPS) is 16.0. The van der Waals surface area contributed by atoms with E-state index in [0.29, 0.717) is 18.8 Å². The zero-order valence-electron chi connectivity index (χ0n) is 12.5. The predicted molar refractivity (Wildman–Crippen MR) is 81.1 cm³/mol. The molecule has 0 spiro atoms. The highest BCUT2D eigenvalue weighted by Gasteiger charge is 2.36. The van der Waals surface area contributed by atoms with E-state index in [1.165, 1.54) is 0 Å². The molecule has 112 valence electrons. The SMILES string of the molecule is CC(C)(C)OC(=O)N1CC(c2nc3ccc(N)cc3[nH]2)C1. The van der Waals surface area contributed by atoms with Gasteiger partial charge in [-0.1, -0.05) is 0 Å². The molecular weight excluding hydrogens is 268 g/mol. The Kier molecular flexibility index (Phi) is 3.04. The van der Waals surface area contributed by atoms with E-state index in [0.717, 1.165) is 16.9 Å². The number of hydrogen-bond acceptors (Lipinski definition) is 4. The molecule has 1 aliphatic rings. The second-order valence-electron chi connectivity index (χ2n) is 6.48. The molecule has 3 N–H and O–H groups in total. The van der Waals surface area contributed by atoms with Gasteiger partial charge in [0.25, 0.3) is 0 Å². The first kappa shape index (κ1) is 13.7. The molecule has 0 atom stereocenters. The quantitative estimate of drug-likeness (QED) is 0.789. The molecular formula is C15H20N4O2. The van der Waals surface area contributed by atoms with E-state index in [9.17, 15) is 4.79 Å². The minimum atomic E-state index is -0.459. The number of rotatable bonds is 1. The van der Waals surface area contributed by atoms with Crippen LogP contribution in [0.5, 0.6) is 0 Å². The molecule has 0 saturated carbocycles. The smallest absolute Gasteiger partial charge is 0.410 e. The van der Waals surface area contributed by atoms with Crippen LogP contribution in [0.1, 0.15) is 32.5 Å². The lowest BCUT2D eigenvalue weighted by atomic mass is 10.0. The fourth-order valence-corrected chi connectivity index (χ4v) is 2.37. The Labute approximate surface area is 123 Å². The summed E-state index contributed by atoms with van der Waals surface area (Å²) in [6.07, 6.45) is -0.265. The van der Waals surface area contributed by atoms with Gasteiger partial charge in [0, 0.05) is 18.8 Å². The molecule has 2 aromatic rings. The van der Waals surface area contributed by atoms with Crippen molar-refractivity contribution in [3.63, 3.8) is 0 Å². The molecule has 0 bridgehead atoms. The lowest BCUT2D eigenvalue weighted by molar-refractivity contribution is 0.00761. The van der Waals surface area contributed by atoms with Crippen molar-refractivity contribution in [2.45, 2.75) is 32.3 Å². The summed E-state index contributed by atoms with van der Waals surface area (Å²) in [5.41, 5.74) is 7.84. The summed E-state index contributed by atoms with van der Waals surface area (Å²) in [7, 11) is 0. The van der Waals surface area contributed by atoms with Crippen molar-refractivity contribution < 1.29 is 9.53 Å². The van der Waals surface area contributed by atoms with Gasteiger partial charge in [-0.2, -0.15) is 0 Å². The van der Waals surface area contributed by atoms with Crippen LogP contribution in [0.4, 0.5) is 10.5 Å². The largest absolute Gasteiger partial charge is 0.444 e. The van der Waals surface area contributed by atoms with E-state index < -0.39 is 5.60 Å². The maximum Gasteiger partial charge on any atom is 0.410 e. The maximum atomic E-state index is 11.9. The zero-order valence-corrected chi connectivity index (χ0v) is 12.5. The van der Waals surface area contributed by atoms with Crippen molar-refractivity contribution in [1.82, 2.24) is 14.9 Å². The first-order valence-corrected chi connectivity index (χ1v) is 7.05. The molecule has 0 aliphatic carbocycles. The minimum absolute atomic E-state index is 0.228. The number of nitrogens with two attached hydrogens (primary N) is 1. The Bertz CT molecular complexity index is 681. The van der Waals surface area contributed by atoms with Crippen LogP contribution in [0.25, 0.3) is 11.0 Å². The van der Waals surface area contributed by atoms with Crippen LogP contribution >= 0.6 is 0 Å². The molecule has 0 radical (unpaired) electrons. The summed E-state index contributed by atoms with van der Waals surface area (Å²) in [4.78, 5) is 21.4. The van der Waals surface area contributed by atoms with Gasteiger partial charge in [0.15, 0.2) is 0 Å². The van der Waals surface area contributed by atoms with E-state index in [1.807, 2.05) is 39.0 Å². The van der Waals surface area contributed by atoms with Gasteiger partial charge in [-0.05, 0) is 39.0 Å². The van der Waals surface area contributed by atoms with Crippen LogP contribution in [0.3, 0.4) is 0 Å². The molecule has 1 aromatic heterocycles. The van der Waals surface area contributed by atoms with Gasteiger partial charge >= 0.3 is 6.09 Å². The summed E-state index contributed by atoms with van der Waals surface area (Å²) in [5, 5.41) is 0. The van der Waals surface area contributed by atoms with Crippen molar-refractivity contribution >= 4 is 22.8 Å². The summed E-state index contributed by atoms with van der Waals surface area (Å²) >= 11 is 0. The fraction of sp³-hybridized carbons (Fsp3) is 0.467. The number of nitrogens with zero attached hydrogens (tertiary/aromatic N) is 2. The van der Waals surface area contributed by atoms with E-state index in [4.69, 9.17) is 10.5 Å². The summed E-state index contributed by atoms with van der Waals surface area (Å²) in [6, 6.07) is 5.60. The lowest BCUT2D eigenvalue weighted by Crippen LogP contribution is -2.50. The second kappa shape index (κ2) is 4.65. The molecule has 6 heteroatoms. The Balaban J connectivity index is 1.66. The maximum absolute atomic E-state index is 11.9. The molecule has 1 amide bonds. The standard InChI is InChI=1S/C15H20N4O2/c1-15(2,3)21-14(20)19-7-9(8-19)13-17-11-5-4-10(16)6-12(11)18-13/h4-6,9H,7-8,16H2,1-3H3,(H,17,18). The van der Waals surface area contributed by atoms with Crippen LogP contribution in [-0.2, 0) is 4.74 Å². The van der Waals surface area contributed by atoms with Gasteiger partial charge in [0.05, 0.1) is 17.0 Å². The fourth-order valence-electron chi connectivity index (χ4n) is 2.37. The number of nitrogens with one attached hydrogen (secondary N) is 1. The molecule has 3 rings (SSSR count). The highest BCUT2D eigenvalue weighted by Crippen LogP contribution is 2.28. The number of hydrogen-bond donors (Lipinski definition) is 2. The predicted octanol–water partition coefficient (Wildman–Crippen LogP) is 2.48. The highest BCUT2D eigenvalue weighted by molar-refractivity contribution is 5.79. The van der Waals surface area contributed by atoms with Gasteiger partial charge in [0.2, 0.25) is 0 Å². The number of benzene rings is 1. The van der Waals surface area contributed by atoms with Crippen LogP contribution in [-0.4, -0.2) is 39.7 Å². The van der Waals surface area contributed by atoms with Gasteiger partial charge in [-0.25, -0.2) is 9.78 Å².